The van der Waals surface area contributed by atoms with Crippen molar-refractivity contribution < 1.29 is 4.79 Å². The molecule has 1 aromatic carbocycles. The van der Waals surface area contributed by atoms with Crippen molar-refractivity contribution >= 4 is 17.5 Å². The Bertz CT molecular complexity index is 614. The van der Waals surface area contributed by atoms with Crippen molar-refractivity contribution in [2.75, 3.05) is 19.6 Å². The molecule has 3 rings (SSSR count). The van der Waals surface area contributed by atoms with Crippen molar-refractivity contribution in [1.82, 2.24) is 20.4 Å². The predicted molar refractivity (Wildman–Crippen MR) is 81.1 cm³/mol. The average molecular weight is 305 g/mol. The molecule has 6 heteroatoms. The second kappa shape index (κ2) is 6.28. The van der Waals surface area contributed by atoms with Gasteiger partial charge in [-0.05, 0) is 23.8 Å². The Morgan fingerprint density at radius 2 is 2.33 bits per heavy atom. The molecule has 5 nitrogen and oxygen atoms in total. The van der Waals surface area contributed by atoms with Crippen LogP contribution in [0.25, 0.3) is 0 Å². The third-order valence-corrected chi connectivity index (χ3v) is 3.93. The fourth-order valence-corrected chi connectivity index (χ4v) is 2.86. The molecule has 0 bridgehead atoms. The van der Waals surface area contributed by atoms with Gasteiger partial charge in [0.25, 0.3) is 0 Å². The van der Waals surface area contributed by atoms with Crippen molar-refractivity contribution in [2.24, 2.45) is 0 Å². The Labute approximate surface area is 128 Å². The lowest BCUT2D eigenvalue weighted by Crippen LogP contribution is -2.49. The molecule has 1 aliphatic rings. The summed E-state index contributed by atoms with van der Waals surface area (Å²) in [5.74, 6) is 0.103. The molecule has 0 aliphatic carbocycles. The van der Waals surface area contributed by atoms with Gasteiger partial charge in [-0.15, -0.1) is 0 Å². The van der Waals surface area contributed by atoms with E-state index in [4.69, 9.17) is 11.6 Å². The van der Waals surface area contributed by atoms with Gasteiger partial charge < -0.3 is 10.2 Å². The van der Waals surface area contributed by atoms with Gasteiger partial charge in [-0.25, -0.2) is 0 Å². The van der Waals surface area contributed by atoms with Crippen molar-refractivity contribution in [3.8, 4) is 0 Å². The molecule has 0 radical (unpaired) electrons. The summed E-state index contributed by atoms with van der Waals surface area (Å²) in [6.07, 6.45) is 2.01. The lowest BCUT2D eigenvalue weighted by atomic mass is 10.0. The number of nitrogens with one attached hydrogen (secondary N) is 2. The molecule has 0 saturated carbocycles. The fourth-order valence-electron chi connectivity index (χ4n) is 2.66. The number of nitrogens with zero attached hydrogens (tertiary/aromatic N) is 2. The average Bonchev–Trinajstić information content (AvgIpc) is 3.00. The zero-order chi connectivity index (χ0) is 14.7. The number of carbonyl (C=O) groups is 1. The number of carbonyl (C=O) groups excluding carboxylic acids is 1. The minimum atomic E-state index is 0.0212. The number of rotatable bonds is 3. The van der Waals surface area contributed by atoms with E-state index in [2.05, 4.69) is 15.5 Å². The predicted octanol–water partition coefficient (Wildman–Crippen LogP) is 1.78. The van der Waals surface area contributed by atoms with Crippen LogP contribution in [0.5, 0.6) is 0 Å². The number of hydrogen-bond donors (Lipinski definition) is 2. The molecular formula is C15H17ClN4O. The molecule has 1 aromatic heterocycles. The van der Waals surface area contributed by atoms with Gasteiger partial charge in [-0.1, -0.05) is 23.7 Å². The van der Waals surface area contributed by atoms with Crippen molar-refractivity contribution in [2.45, 2.75) is 12.5 Å². The highest BCUT2D eigenvalue weighted by Crippen LogP contribution is 2.25. The van der Waals surface area contributed by atoms with Crippen LogP contribution in [0.4, 0.5) is 0 Å². The second-order valence-corrected chi connectivity index (χ2v) is 5.56. The molecule has 21 heavy (non-hydrogen) atoms. The van der Waals surface area contributed by atoms with Gasteiger partial charge in [0.15, 0.2) is 0 Å². The van der Waals surface area contributed by atoms with E-state index in [1.165, 1.54) is 0 Å². The van der Waals surface area contributed by atoms with Crippen LogP contribution in [0, 0.1) is 0 Å². The summed E-state index contributed by atoms with van der Waals surface area (Å²) >= 11 is 6.07. The van der Waals surface area contributed by atoms with E-state index in [1.54, 1.807) is 6.20 Å². The van der Waals surface area contributed by atoms with Crippen molar-refractivity contribution in [3.63, 3.8) is 0 Å². The van der Waals surface area contributed by atoms with Crippen LogP contribution in [0.15, 0.2) is 36.5 Å². The van der Waals surface area contributed by atoms with E-state index in [-0.39, 0.29) is 11.9 Å². The van der Waals surface area contributed by atoms with E-state index in [9.17, 15) is 4.79 Å². The SMILES string of the molecule is O=C(Cc1ccn[nH]1)N1CCNCC1c1cccc(Cl)c1. The third kappa shape index (κ3) is 3.25. The maximum Gasteiger partial charge on any atom is 0.229 e. The molecule has 1 fully saturated rings. The summed E-state index contributed by atoms with van der Waals surface area (Å²) in [7, 11) is 0. The Balaban J connectivity index is 1.79. The standard InChI is InChI=1S/C15H17ClN4O/c16-12-3-1-2-11(8-12)14-10-17-6-7-20(14)15(21)9-13-4-5-18-19-13/h1-5,8,14,17H,6-7,9-10H2,(H,18,19). The molecule has 1 atom stereocenters. The number of aromatic nitrogens is 2. The van der Waals surface area contributed by atoms with E-state index in [1.807, 2.05) is 35.2 Å². The number of hydrogen-bond acceptors (Lipinski definition) is 3. The minimum absolute atomic E-state index is 0.0212. The maximum atomic E-state index is 12.6. The largest absolute Gasteiger partial charge is 0.333 e. The summed E-state index contributed by atoms with van der Waals surface area (Å²) < 4.78 is 0. The number of amides is 1. The monoisotopic (exact) mass is 304 g/mol. The van der Waals surface area contributed by atoms with Gasteiger partial charge in [0.1, 0.15) is 0 Å². The number of aromatic amines is 1. The molecule has 2 aromatic rings. The Hall–Kier alpha value is -1.85. The van der Waals surface area contributed by atoms with Gasteiger partial charge in [-0.3, -0.25) is 9.89 Å². The highest BCUT2D eigenvalue weighted by molar-refractivity contribution is 6.30. The van der Waals surface area contributed by atoms with E-state index in [0.29, 0.717) is 18.0 Å². The van der Waals surface area contributed by atoms with Gasteiger partial charge in [0.2, 0.25) is 5.91 Å². The molecule has 1 saturated heterocycles. The first kappa shape index (κ1) is 14.1. The number of halogens is 1. The van der Waals surface area contributed by atoms with Crippen LogP contribution < -0.4 is 5.32 Å². The van der Waals surface area contributed by atoms with Crippen molar-refractivity contribution in [3.05, 3.63) is 52.8 Å². The second-order valence-electron chi connectivity index (χ2n) is 5.12. The molecule has 0 spiro atoms. The van der Waals surface area contributed by atoms with Crippen molar-refractivity contribution in [1.29, 1.82) is 0 Å². The molecule has 110 valence electrons. The summed E-state index contributed by atoms with van der Waals surface area (Å²) in [6.45, 7) is 2.25. The molecule has 1 amide bonds. The quantitative estimate of drug-likeness (QED) is 0.908. The maximum absolute atomic E-state index is 12.6. The molecular weight excluding hydrogens is 288 g/mol. The lowest BCUT2D eigenvalue weighted by molar-refractivity contribution is -0.133. The van der Waals surface area contributed by atoms with E-state index < -0.39 is 0 Å². The molecule has 1 aliphatic heterocycles. The van der Waals surface area contributed by atoms with Crippen LogP contribution in [0.2, 0.25) is 5.02 Å². The number of benzene rings is 1. The molecule has 1 unspecified atom stereocenters. The normalized spacial score (nSPS) is 18.7. The smallest absolute Gasteiger partial charge is 0.229 e. The summed E-state index contributed by atoms with van der Waals surface area (Å²) in [6, 6.07) is 9.56. The third-order valence-electron chi connectivity index (χ3n) is 3.70. The number of H-pyrrole nitrogens is 1. The highest BCUT2D eigenvalue weighted by Gasteiger charge is 2.28. The van der Waals surface area contributed by atoms with Crippen LogP contribution in [-0.4, -0.2) is 40.6 Å². The zero-order valence-corrected chi connectivity index (χ0v) is 12.3. The highest BCUT2D eigenvalue weighted by atomic mass is 35.5. The van der Waals surface area contributed by atoms with Crippen LogP contribution in [0.3, 0.4) is 0 Å². The first-order valence-corrected chi connectivity index (χ1v) is 7.36. The fraction of sp³-hybridized carbons (Fsp3) is 0.333. The van der Waals surface area contributed by atoms with Crippen LogP contribution >= 0.6 is 11.6 Å². The Kier molecular flexibility index (Phi) is 4.22. The number of piperazine rings is 1. The van der Waals surface area contributed by atoms with Gasteiger partial charge in [-0.2, -0.15) is 5.10 Å². The Morgan fingerprint density at radius 1 is 1.43 bits per heavy atom. The minimum Gasteiger partial charge on any atom is -0.333 e. The van der Waals surface area contributed by atoms with E-state index in [0.717, 1.165) is 24.3 Å². The van der Waals surface area contributed by atoms with E-state index >= 15 is 0 Å². The molecule has 2 heterocycles. The van der Waals surface area contributed by atoms with Crippen LogP contribution in [0.1, 0.15) is 17.3 Å². The van der Waals surface area contributed by atoms with Crippen LogP contribution in [-0.2, 0) is 11.2 Å². The van der Waals surface area contributed by atoms with Gasteiger partial charge in [0.05, 0.1) is 12.5 Å². The van der Waals surface area contributed by atoms with Gasteiger partial charge in [0, 0.05) is 36.5 Å². The molecule has 2 N–H and O–H groups in total. The van der Waals surface area contributed by atoms with Gasteiger partial charge >= 0.3 is 0 Å². The summed E-state index contributed by atoms with van der Waals surface area (Å²) in [5.41, 5.74) is 1.90. The lowest BCUT2D eigenvalue weighted by Gasteiger charge is -2.36. The topological polar surface area (TPSA) is 61.0 Å². The Morgan fingerprint density at radius 3 is 3.10 bits per heavy atom. The summed E-state index contributed by atoms with van der Waals surface area (Å²) in [5, 5.41) is 10.8. The first-order chi connectivity index (χ1) is 10.2. The first-order valence-electron chi connectivity index (χ1n) is 6.98. The zero-order valence-electron chi connectivity index (χ0n) is 11.6. The summed E-state index contributed by atoms with van der Waals surface area (Å²) in [4.78, 5) is 14.5.